The van der Waals surface area contributed by atoms with Crippen LogP contribution in [0.1, 0.15) is 61.5 Å². The van der Waals surface area contributed by atoms with Gasteiger partial charge in [0.25, 0.3) is 0 Å². The molecule has 0 aliphatic rings. The summed E-state index contributed by atoms with van der Waals surface area (Å²) in [7, 11) is 0. The van der Waals surface area contributed by atoms with E-state index in [1.807, 2.05) is 18.3 Å². The molecule has 0 saturated heterocycles. The van der Waals surface area contributed by atoms with Crippen LogP contribution in [0.5, 0.6) is 0 Å². The molecule has 158 valence electrons. The van der Waals surface area contributed by atoms with E-state index >= 15 is 0 Å². The number of nitrogens with zero attached hydrogens (tertiary/aromatic N) is 1. The van der Waals surface area contributed by atoms with Gasteiger partial charge in [0, 0.05) is 36.0 Å². The van der Waals surface area contributed by atoms with E-state index in [0.29, 0.717) is 6.54 Å². The minimum atomic E-state index is -0.0764. The summed E-state index contributed by atoms with van der Waals surface area (Å²) in [6, 6.07) is 10.4. The van der Waals surface area contributed by atoms with Crippen LogP contribution < -0.4 is 5.32 Å². The number of rotatable bonds is 11. The number of carbonyl (C=O) groups excluding carboxylic acids is 1. The predicted octanol–water partition coefficient (Wildman–Crippen LogP) is 6.02. The van der Waals surface area contributed by atoms with Crippen molar-refractivity contribution in [3.8, 4) is 0 Å². The summed E-state index contributed by atoms with van der Waals surface area (Å²) in [4.78, 5) is 16.4. The van der Waals surface area contributed by atoms with Crippen LogP contribution in [0.4, 0.5) is 0 Å². The van der Waals surface area contributed by atoms with Gasteiger partial charge in [0.2, 0.25) is 5.91 Å². The van der Waals surface area contributed by atoms with Gasteiger partial charge in [-0.15, -0.1) is 0 Å². The van der Waals surface area contributed by atoms with E-state index in [9.17, 15) is 4.79 Å². The molecular weight excluding hydrogens is 372 g/mol. The summed E-state index contributed by atoms with van der Waals surface area (Å²) in [6.45, 7) is 4.95. The first-order valence-electron chi connectivity index (χ1n) is 11.0. The molecule has 0 spiro atoms. The zero-order chi connectivity index (χ0) is 21.2. The van der Waals surface area contributed by atoms with Gasteiger partial charge in [0.1, 0.15) is 11.3 Å². The molecule has 30 heavy (non-hydrogen) atoms. The van der Waals surface area contributed by atoms with Crippen molar-refractivity contribution >= 4 is 23.0 Å². The lowest BCUT2D eigenvalue weighted by Crippen LogP contribution is -2.22. The summed E-state index contributed by atoms with van der Waals surface area (Å²) < 4.78 is 6.08. The smallest absolute Gasteiger partial charge is 0.244 e. The van der Waals surface area contributed by atoms with Crippen LogP contribution in [0.15, 0.2) is 53.2 Å². The van der Waals surface area contributed by atoms with E-state index in [1.54, 1.807) is 12.3 Å². The van der Waals surface area contributed by atoms with Crippen molar-refractivity contribution in [2.45, 2.75) is 58.8 Å². The quantitative estimate of drug-likeness (QED) is 0.314. The third kappa shape index (κ3) is 6.31. The Bertz CT molecular complexity index is 973. The average Bonchev–Trinajstić information content (AvgIpc) is 3.09. The molecule has 0 aliphatic carbocycles. The van der Waals surface area contributed by atoms with Crippen molar-refractivity contribution in [1.29, 1.82) is 0 Å². The Labute approximate surface area is 179 Å². The highest BCUT2D eigenvalue weighted by Crippen LogP contribution is 2.29. The molecule has 2 heterocycles. The fourth-order valence-corrected chi connectivity index (χ4v) is 3.64. The first-order chi connectivity index (χ1) is 14.7. The van der Waals surface area contributed by atoms with E-state index in [2.05, 4.69) is 48.4 Å². The number of furan rings is 1. The van der Waals surface area contributed by atoms with Crippen molar-refractivity contribution in [1.82, 2.24) is 10.3 Å². The molecule has 0 saturated carbocycles. The van der Waals surface area contributed by atoms with Gasteiger partial charge in [-0.25, -0.2) is 0 Å². The third-order valence-electron chi connectivity index (χ3n) is 5.31. The molecule has 1 aromatic carbocycles. The van der Waals surface area contributed by atoms with Gasteiger partial charge < -0.3 is 9.73 Å². The number of unbranched alkanes of at least 4 members (excludes halogenated alkanes) is 3. The zero-order valence-electron chi connectivity index (χ0n) is 18.1. The van der Waals surface area contributed by atoms with Gasteiger partial charge in [-0.2, -0.15) is 0 Å². The number of fused-ring (bicyclic) bond motifs is 1. The molecule has 0 fully saturated rings. The maximum Gasteiger partial charge on any atom is 0.244 e. The number of pyridine rings is 1. The van der Waals surface area contributed by atoms with Gasteiger partial charge in [0.05, 0.1) is 0 Å². The van der Waals surface area contributed by atoms with Crippen molar-refractivity contribution in [3.63, 3.8) is 0 Å². The first kappa shape index (κ1) is 21.8. The van der Waals surface area contributed by atoms with Crippen LogP contribution in [0.3, 0.4) is 0 Å². The number of benzene rings is 1. The molecule has 3 rings (SSSR count). The van der Waals surface area contributed by atoms with E-state index in [1.165, 1.54) is 29.5 Å². The van der Waals surface area contributed by atoms with Crippen LogP contribution >= 0.6 is 0 Å². The Kier molecular flexibility index (Phi) is 8.25. The van der Waals surface area contributed by atoms with Crippen molar-refractivity contribution < 1.29 is 9.21 Å². The number of aromatic nitrogens is 1. The van der Waals surface area contributed by atoms with Crippen LogP contribution in [0, 0.1) is 6.92 Å². The lowest BCUT2D eigenvalue weighted by Gasteiger charge is -2.03. The maximum atomic E-state index is 12.2. The number of carbonyl (C=O) groups is 1. The van der Waals surface area contributed by atoms with Gasteiger partial charge in [0.15, 0.2) is 0 Å². The van der Waals surface area contributed by atoms with Crippen LogP contribution in [0.2, 0.25) is 0 Å². The topological polar surface area (TPSA) is 55.1 Å². The summed E-state index contributed by atoms with van der Waals surface area (Å²) in [5.41, 5.74) is 4.52. The maximum absolute atomic E-state index is 12.2. The standard InChI is InChI=1S/C26H32N2O2/c1-3-4-5-11-22-23-13-12-20(2)18-25(23)30-24(22)14-15-26(29)28-17-7-6-9-21-10-8-16-27-19-21/h8,10,12-16,18-19H,3-7,9,11,17H2,1-2H3,(H,28,29). The normalized spacial score (nSPS) is 11.4. The van der Waals surface area contributed by atoms with Gasteiger partial charge >= 0.3 is 0 Å². The molecule has 3 aromatic rings. The van der Waals surface area contributed by atoms with Crippen LogP contribution in [0.25, 0.3) is 17.0 Å². The zero-order valence-corrected chi connectivity index (χ0v) is 18.1. The first-order valence-corrected chi connectivity index (χ1v) is 11.0. The average molecular weight is 405 g/mol. The predicted molar refractivity (Wildman–Crippen MR) is 123 cm³/mol. The van der Waals surface area contributed by atoms with E-state index in [0.717, 1.165) is 48.8 Å². The lowest BCUT2D eigenvalue weighted by atomic mass is 10.0. The molecule has 1 amide bonds. The second kappa shape index (κ2) is 11.3. The fourth-order valence-electron chi connectivity index (χ4n) is 3.64. The minimum absolute atomic E-state index is 0.0764. The number of amides is 1. The van der Waals surface area contributed by atoms with Gasteiger partial charge in [-0.3, -0.25) is 9.78 Å². The summed E-state index contributed by atoms with van der Waals surface area (Å²) in [5.74, 6) is 0.728. The van der Waals surface area contributed by atoms with Gasteiger partial charge in [-0.1, -0.05) is 38.0 Å². The Hall–Kier alpha value is -2.88. The molecule has 1 N–H and O–H groups in total. The van der Waals surface area contributed by atoms with Crippen molar-refractivity contribution in [2.75, 3.05) is 6.54 Å². The number of aryl methyl sites for hydroxylation is 3. The molecule has 0 unspecified atom stereocenters. The molecule has 0 aliphatic heterocycles. The van der Waals surface area contributed by atoms with E-state index in [-0.39, 0.29) is 5.91 Å². The van der Waals surface area contributed by atoms with Crippen molar-refractivity contribution in [2.24, 2.45) is 0 Å². The monoisotopic (exact) mass is 404 g/mol. The summed E-state index contributed by atoms with van der Waals surface area (Å²) in [5, 5.41) is 4.13. The number of hydrogen-bond acceptors (Lipinski definition) is 3. The summed E-state index contributed by atoms with van der Waals surface area (Å²) >= 11 is 0. The Morgan fingerprint density at radius 2 is 2.00 bits per heavy atom. The second-order valence-electron chi connectivity index (χ2n) is 7.84. The lowest BCUT2D eigenvalue weighted by molar-refractivity contribution is -0.116. The molecule has 4 nitrogen and oxygen atoms in total. The van der Waals surface area contributed by atoms with Crippen molar-refractivity contribution in [3.05, 3.63) is 71.3 Å². The molecule has 0 bridgehead atoms. The Balaban J connectivity index is 1.54. The molecule has 0 radical (unpaired) electrons. The third-order valence-corrected chi connectivity index (χ3v) is 5.31. The largest absolute Gasteiger partial charge is 0.456 e. The number of hydrogen-bond donors (Lipinski definition) is 1. The molecule has 4 heteroatoms. The molecule has 0 atom stereocenters. The highest BCUT2D eigenvalue weighted by atomic mass is 16.3. The van der Waals surface area contributed by atoms with E-state index in [4.69, 9.17) is 4.42 Å². The molecule has 2 aromatic heterocycles. The van der Waals surface area contributed by atoms with Crippen LogP contribution in [-0.2, 0) is 17.6 Å². The molecular formula is C26H32N2O2. The Morgan fingerprint density at radius 1 is 1.13 bits per heavy atom. The van der Waals surface area contributed by atoms with E-state index < -0.39 is 0 Å². The minimum Gasteiger partial charge on any atom is -0.456 e. The summed E-state index contributed by atoms with van der Waals surface area (Å²) in [6.07, 6.45) is 14.5. The number of nitrogens with one attached hydrogen (secondary N) is 1. The SMILES string of the molecule is CCCCCc1c(C=CC(=O)NCCCCc2cccnc2)oc2cc(C)ccc12. The highest BCUT2D eigenvalue weighted by Gasteiger charge is 2.12. The highest BCUT2D eigenvalue weighted by molar-refractivity contribution is 5.93. The van der Waals surface area contributed by atoms with Gasteiger partial charge in [-0.05, 0) is 68.4 Å². The van der Waals surface area contributed by atoms with Crippen LogP contribution in [-0.4, -0.2) is 17.4 Å². The Morgan fingerprint density at radius 3 is 2.80 bits per heavy atom. The fraction of sp³-hybridized carbons (Fsp3) is 0.385. The second-order valence-corrected chi connectivity index (χ2v) is 7.84.